The number of aliphatic imine (C=N–C) groups is 1. The van der Waals surface area contributed by atoms with Crippen LogP contribution in [0.4, 0.5) is 4.39 Å². The van der Waals surface area contributed by atoms with Gasteiger partial charge in [0.15, 0.2) is 5.96 Å². The van der Waals surface area contributed by atoms with Gasteiger partial charge < -0.3 is 19.7 Å². The van der Waals surface area contributed by atoms with Gasteiger partial charge in [0.25, 0.3) is 0 Å². The van der Waals surface area contributed by atoms with E-state index in [0.29, 0.717) is 6.54 Å². The molecular weight excluding hydrogens is 456 g/mol. The average Bonchev–Trinajstić information content (AvgIpc) is 2.98. The molecule has 1 N–H and O–H groups in total. The van der Waals surface area contributed by atoms with Crippen molar-refractivity contribution >= 4 is 29.9 Å². The zero-order valence-electron chi connectivity index (χ0n) is 16.8. The minimum absolute atomic E-state index is 0. The van der Waals surface area contributed by atoms with E-state index in [2.05, 4.69) is 32.7 Å². The molecule has 1 aromatic heterocycles. The van der Waals surface area contributed by atoms with Crippen molar-refractivity contribution in [2.45, 2.75) is 19.5 Å². The normalized spacial score (nSPS) is 12.6. The Morgan fingerprint density at radius 1 is 1.22 bits per heavy atom. The summed E-state index contributed by atoms with van der Waals surface area (Å²) in [5, 5.41) is 3.35. The number of likely N-dealkylation sites (N-methyl/N-ethyl adjacent to an activating group) is 1. The summed E-state index contributed by atoms with van der Waals surface area (Å²) in [4.78, 5) is 8.99. The summed E-state index contributed by atoms with van der Waals surface area (Å²) in [6.07, 6.45) is 2.04. The first-order valence-electron chi connectivity index (χ1n) is 8.94. The largest absolute Gasteiger partial charge is 0.357 e. The number of hydrogen-bond acceptors (Lipinski definition) is 2. The molecular formula is C20H31FIN5. The second-order valence-corrected chi connectivity index (χ2v) is 6.70. The van der Waals surface area contributed by atoms with Crippen molar-refractivity contribution in [1.82, 2.24) is 19.7 Å². The van der Waals surface area contributed by atoms with Gasteiger partial charge in [-0.3, -0.25) is 4.99 Å². The number of aryl methyl sites for hydroxylation is 1. The molecule has 7 heteroatoms. The first-order valence-corrected chi connectivity index (χ1v) is 8.94. The summed E-state index contributed by atoms with van der Waals surface area (Å²) >= 11 is 0. The van der Waals surface area contributed by atoms with Crippen molar-refractivity contribution in [1.29, 1.82) is 0 Å². The van der Waals surface area contributed by atoms with Crippen molar-refractivity contribution in [3.05, 3.63) is 59.7 Å². The SMILES string of the molecule is CCNC(=NCC(c1cccc(F)c1)N(C)C)N(C)Cc1cccn1C.I. The van der Waals surface area contributed by atoms with Crippen LogP contribution in [0.1, 0.15) is 24.2 Å². The molecule has 1 aromatic carbocycles. The monoisotopic (exact) mass is 487 g/mol. The van der Waals surface area contributed by atoms with Crippen LogP contribution in [0, 0.1) is 5.82 Å². The van der Waals surface area contributed by atoms with Crippen LogP contribution in [-0.2, 0) is 13.6 Å². The van der Waals surface area contributed by atoms with E-state index >= 15 is 0 Å². The van der Waals surface area contributed by atoms with Crippen LogP contribution in [-0.4, -0.2) is 54.6 Å². The number of halogens is 2. The molecule has 0 aliphatic rings. The van der Waals surface area contributed by atoms with E-state index in [1.54, 1.807) is 12.1 Å². The smallest absolute Gasteiger partial charge is 0.194 e. The summed E-state index contributed by atoms with van der Waals surface area (Å²) in [7, 11) is 8.05. The number of guanidine groups is 1. The molecule has 0 saturated carbocycles. The van der Waals surface area contributed by atoms with Crippen LogP contribution in [0.25, 0.3) is 0 Å². The molecule has 150 valence electrons. The lowest BCUT2D eigenvalue weighted by Gasteiger charge is -2.26. The Hall–Kier alpha value is -1.61. The maximum Gasteiger partial charge on any atom is 0.194 e. The van der Waals surface area contributed by atoms with E-state index in [0.717, 1.165) is 24.6 Å². The molecule has 0 amide bonds. The third kappa shape index (κ3) is 6.80. The summed E-state index contributed by atoms with van der Waals surface area (Å²) in [5.74, 6) is 0.628. The Labute approximate surface area is 179 Å². The Morgan fingerprint density at radius 3 is 2.52 bits per heavy atom. The highest BCUT2D eigenvalue weighted by Crippen LogP contribution is 2.19. The molecule has 0 aliphatic carbocycles. The fourth-order valence-corrected chi connectivity index (χ4v) is 2.90. The summed E-state index contributed by atoms with van der Waals surface area (Å²) in [6, 6.07) is 10.9. The lowest BCUT2D eigenvalue weighted by molar-refractivity contribution is 0.304. The number of benzene rings is 1. The van der Waals surface area contributed by atoms with Gasteiger partial charge in [-0.1, -0.05) is 12.1 Å². The third-order valence-corrected chi connectivity index (χ3v) is 4.42. The van der Waals surface area contributed by atoms with E-state index < -0.39 is 0 Å². The maximum absolute atomic E-state index is 13.6. The van der Waals surface area contributed by atoms with Crippen LogP contribution < -0.4 is 5.32 Å². The van der Waals surface area contributed by atoms with Crippen molar-refractivity contribution in [2.75, 3.05) is 34.2 Å². The van der Waals surface area contributed by atoms with Gasteiger partial charge in [0.05, 0.1) is 19.1 Å². The maximum atomic E-state index is 13.6. The van der Waals surface area contributed by atoms with E-state index in [1.165, 1.54) is 11.8 Å². The summed E-state index contributed by atoms with van der Waals surface area (Å²) in [5.41, 5.74) is 2.15. The number of hydrogen-bond donors (Lipinski definition) is 1. The average molecular weight is 487 g/mol. The second kappa shape index (κ2) is 11.3. The van der Waals surface area contributed by atoms with Crippen molar-refractivity contribution in [3.8, 4) is 0 Å². The second-order valence-electron chi connectivity index (χ2n) is 6.70. The van der Waals surface area contributed by atoms with Gasteiger partial charge in [-0.2, -0.15) is 0 Å². The van der Waals surface area contributed by atoms with E-state index in [1.807, 2.05) is 46.5 Å². The first kappa shape index (κ1) is 23.4. The predicted octanol–water partition coefficient (Wildman–Crippen LogP) is 3.48. The molecule has 5 nitrogen and oxygen atoms in total. The Bertz CT molecular complexity index is 729. The minimum Gasteiger partial charge on any atom is -0.357 e. The molecule has 27 heavy (non-hydrogen) atoms. The Balaban J connectivity index is 0.00000364. The van der Waals surface area contributed by atoms with Crippen molar-refractivity contribution in [2.24, 2.45) is 12.0 Å². The molecule has 1 heterocycles. The van der Waals surface area contributed by atoms with Crippen molar-refractivity contribution < 1.29 is 4.39 Å². The summed E-state index contributed by atoms with van der Waals surface area (Å²) in [6.45, 7) is 4.17. The quantitative estimate of drug-likeness (QED) is 0.369. The number of rotatable bonds is 7. The van der Waals surface area contributed by atoms with Gasteiger partial charge in [0.2, 0.25) is 0 Å². The van der Waals surface area contributed by atoms with Gasteiger partial charge in [0.1, 0.15) is 5.82 Å². The molecule has 1 unspecified atom stereocenters. The lowest BCUT2D eigenvalue weighted by Crippen LogP contribution is -2.39. The van der Waals surface area contributed by atoms with Crippen LogP contribution in [0.15, 0.2) is 47.6 Å². The van der Waals surface area contributed by atoms with Gasteiger partial charge >= 0.3 is 0 Å². The fraction of sp³-hybridized carbons (Fsp3) is 0.450. The third-order valence-electron chi connectivity index (χ3n) is 4.42. The highest BCUT2D eigenvalue weighted by molar-refractivity contribution is 14.0. The predicted molar refractivity (Wildman–Crippen MR) is 121 cm³/mol. The Morgan fingerprint density at radius 2 is 1.96 bits per heavy atom. The topological polar surface area (TPSA) is 35.8 Å². The van der Waals surface area contributed by atoms with Gasteiger partial charge in [-0.05, 0) is 50.8 Å². The number of nitrogens with zero attached hydrogens (tertiary/aromatic N) is 4. The highest BCUT2D eigenvalue weighted by Gasteiger charge is 2.16. The van der Waals surface area contributed by atoms with Crippen LogP contribution in [0.3, 0.4) is 0 Å². The molecule has 0 spiro atoms. The Kier molecular flexibility index (Phi) is 9.79. The zero-order valence-corrected chi connectivity index (χ0v) is 19.1. The zero-order chi connectivity index (χ0) is 19.1. The lowest BCUT2D eigenvalue weighted by atomic mass is 10.1. The minimum atomic E-state index is -0.217. The van der Waals surface area contributed by atoms with Gasteiger partial charge in [-0.25, -0.2) is 4.39 Å². The van der Waals surface area contributed by atoms with Crippen LogP contribution in [0.5, 0.6) is 0 Å². The fourth-order valence-electron chi connectivity index (χ4n) is 2.90. The van der Waals surface area contributed by atoms with Crippen LogP contribution >= 0.6 is 24.0 Å². The van der Waals surface area contributed by atoms with Gasteiger partial charge in [0, 0.05) is 32.5 Å². The van der Waals surface area contributed by atoms with E-state index in [-0.39, 0.29) is 35.8 Å². The van der Waals surface area contributed by atoms with Crippen molar-refractivity contribution in [3.63, 3.8) is 0 Å². The molecule has 0 aliphatic heterocycles. The molecule has 0 saturated heterocycles. The standard InChI is InChI=1S/C20H30FN5.HI/c1-6-22-20(26(5)15-18-11-8-12-25(18)4)23-14-19(24(2)3)16-9-7-10-17(21)13-16;/h7-13,19H,6,14-15H2,1-5H3,(H,22,23);1H. The summed E-state index contributed by atoms with van der Waals surface area (Å²) < 4.78 is 15.7. The highest BCUT2D eigenvalue weighted by atomic mass is 127. The number of aromatic nitrogens is 1. The molecule has 0 fully saturated rings. The van der Waals surface area contributed by atoms with Crippen LogP contribution in [0.2, 0.25) is 0 Å². The molecule has 1 atom stereocenters. The molecule has 2 rings (SSSR count). The molecule has 0 bridgehead atoms. The molecule has 2 aromatic rings. The first-order chi connectivity index (χ1) is 12.4. The van der Waals surface area contributed by atoms with E-state index in [4.69, 9.17) is 4.99 Å². The van der Waals surface area contributed by atoms with Gasteiger partial charge in [-0.15, -0.1) is 24.0 Å². The van der Waals surface area contributed by atoms with E-state index in [9.17, 15) is 4.39 Å². The molecule has 0 radical (unpaired) electrons. The number of nitrogens with one attached hydrogen (secondary N) is 1.